The molecule has 23 heavy (non-hydrogen) atoms. The topological polar surface area (TPSA) is 79.6 Å². The molecule has 0 aliphatic carbocycles. The number of nitrogens with zero attached hydrogens (tertiary/aromatic N) is 1. The molecular formula is C17H14N2O4. The summed E-state index contributed by atoms with van der Waals surface area (Å²) in [4.78, 5) is 35.5. The molecule has 0 spiro atoms. The molecule has 2 aromatic rings. The zero-order valence-corrected chi connectivity index (χ0v) is 12.6. The molecule has 6 nitrogen and oxygen atoms in total. The number of imide groups is 1. The molecule has 1 fully saturated rings. The van der Waals surface area contributed by atoms with Gasteiger partial charge in [-0.25, -0.2) is 4.79 Å². The SMILES string of the molecule is CC(=O)c1ccc(-c2ccc(/C=C3/NC(=O)N(C)C3=O)o2)cc1. The van der Waals surface area contributed by atoms with E-state index in [0.29, 0.717) is 17.1 Å². The fourth-order valence-corrected chi connectivity index (χ4v) is 2.22. The van der Waals surface area contributed by atoms with Crippen LogP contribution in [0.5, 0.6) is 0 Å². The number of likely N-dealkylation sites (N-methyl/N-ethyl adjacent to an activating group) is 1. The molecular weight excluding hydrogens is 296 g/mol. The van der Waals surface area contributed by atoms with Crippen LogP contribution in [0.3, 0.4) is 0 Å². The number of carbonyl (C=O) groups is 3. The molecule has 1 aliphatic heterocycles. The van der Waals surface area contributed by atoms with E-state index in [2.05, 4.69) is 5.32 Å². The molecule has 0 saturated carbocycles. The van der Waals surface area contributed by atoms with Crippen molar-refractivity contribution in [2.45, 2.75) is 6.92 Å². The summed E-state index contributed by atoms with van der Waals surface area (Å²) in [5.74, 6) is 0.659. The highest BCUT2D eigenvalue weighted by atomic mass is 16.3. The van der Waals surface area contributed by atoms with Crippen LogP contribution < -0.4 is 5.32 Å². The summed E-state index contributed by atoms with van der Waals surface area (Å²) in [6.07, 6.45) is 1.48. The number of rotatable bonds is 3. The molecule has 1 aromatic carbocycles. The average molecular weight is 310 g/mol. The number of amides is 3. The molecule has 1 N–H and O–H groups in total. The minimum Gasteiger partial charge on any atom is -0.457 e. The summed E-state index contributed by atoms with van der Waals surface area (Å²) in [6, 6.07) is 10.1. The van der Waals surface area contributed by atoms with E-state index in [9.17, 15) is 14.4 Å². The van der Waals surface area contributed by atoms with E-state index in [-0.39, 0.29) is 11.5 Å². The summed E-state index contributed by atoms with van der Waals surface area (Å²) in [5.41, 5.74) is 1.62. The van der Waals surface area contributed by atoms with Crippen LogP contribution in [-0.2, 0) is 4.79 Å². The van der Waals surface area contributed by atoms with Gasteiger partial charge in [-0.2, -0.15) is 0 Å². The van der Waals surface area contributed by atoms with Crippen molar-refractivity contribution in [2.24, 2.45) is 0 Å². The van der Waals surface area contributed by atoms with Crippen LogP contribution in [0.1, 0.15) is 23.0 Å². The normalized spacial score (nSPS) is 16.1. The van der Waals surface area contributed by atoms with Crippen LogP contribution in [0.25, 0.3) is 17.4 Å². The Kier molecular flexibility index (Phi) is 3.57. The standard InChI is InChI=1S/C17H14N2O4/c1-10(20)11-3-5-12(6-4-11)15-8-7-13(23-15)9-14-16(21)19(2)17(22)18-14/h3-9H,1-2H3,(H,18,22)/b14-9+. The summed E-state index contributed by atoms with van der Waals surface area (Å²) in [7, 11) is 1.41. The monoisotopic (exact) mass is 310 g/mol. The van der Waals surface area contributed by atoms with Crippen LogP contribution in [-0.4, -0.2) is 29.7 Å². The molecule has 0 atom stereocenters. The molecule has 0 unspecified atom stereocenters. The molecule has 1 aromatic heterocycles. The third-order valence-electron chi connectivity index (χ3n) is 3.57. The Balaban J connectivity index is 1.85. The Morgan fingerprint density at radius 2 is 1.83 bits per heavy atom. The molecule has 3 rings (SSSR count). The Labute approximate surface area is 132 Å². The van der Waals surface area contributed by atoms with Crippen LogP contribution in [0, 0.1) is 0 Å². The van der Waals surface area contributed by atoms with Gasteiger partial charge < -0.3 is 9.73 Å². The van der Waals surface area contributed by atoms with E-state index >= 15 is 0 Å². The lowest BCUT2D eigenvalue weighted by atomic mass is 10.1. The van der Waals surface area contributed by atoms with Crippen molar-refractivity contribution in [1.29, 1.82) is 0 Å². The first-order valence-electron chi connectivity index (χ1n) is 6.97. The number of carbonyl (C=O) groups excluding carboxylic acids is 3. The van der Waals surface area contributed by atoms with Gasteiger partial charge in [-0.3, -0.25) is 14.5 Å². The summed E-state index contributed by atoms with van der Waals surface area (Å²) >= 11 is 0. The third-order valence-corrected chi connectivity index (χ3v) is 3.57. The lowest BCUT2D eigenvalue weighted by molar-refractivity contribution is -0.121. The van der Waals surface area contributed by atoms with E-state index in [0.717, 1.165) is 10.5 Å². The Bertz CT molecular complexity index is 831. The maximum atomic E-state index is 11.8. The van der Waals surface area contributed by atoms with Crippen molar-refractivity contribution < 1.29 is 18.8 Å². The van der Waals surface area contributed by atoms with Gasteiger partial charge in [0.25, 0.3) is 5.91 Å². The third kappa shape index (κ3) is 2.78. The highest BCUT2D eigenvalue weighted by molar-refractivity contribution is 6.13. The lowest BCUT2D eigenvalue weighted by Gasteiger charge is -1.99. The number of hydrogen-bond acceptors (Lipinski definition) is 4. The van der Waals surface area contributed by atoms with Gasteiger partial charge in [-0.15, -0.1) is 0 Å². The maximum absolute atomic E-state index is 11.8. The minimum absolute atomic E-state index is 0.000949. The van der Waals surface area contributed by atoms with Crippen molar-refractivity contribution in [3.05, 3.63) is 53.4 Å². The van der Waals surface area contributed by atoms with Gasteiger partial charge in [0.1, 0.15) is 17.2 Å². The van der Waals surface area contributed by atoms with E-state index in [1.165, 1.54) is 20.0 Å². The average Bonchev–Trinajstić information content (AvgIpc) is 3.09. The fraction of sp³-hybridized carbons (Fsp3) is 0.118. The fourth-order valence-electron chi connectivity index (χ4n) is 2.22. The molecule has 3 amide bonds. The molecule has 1 saturated heterocycles. The number of Topliss-reactive ketones (excluding diaryl/α,β-unsaturated/α-hetero) is 1. The first kappa shape index (κ1) is 14.8. The predicted octanol–water partition coefficient (Wildman–Crippen LogP) is 2.67. The van der Waals surface area contributed by atoms with E-state index in [1.807, 2.05) is 0 Å². The zero-order valence-electron chi connectivity index (χ0n) is 12.6. The second kappa shape index (κ2) is 5.57. The van der Waals surface area contributed by atoms with Gasteiger partial charge >= 0.3 is 6.03 Å². The quantitative estimate of drug-likeness (QED) is 0.537. The number of urea groups is 1. The summed E-state index contributed by atoms with van der Waals surface area (Å²) in [5, 5.41) is 2.47. The Morgan fingerprint density at radius 1 is 1.13 bits per heavy atom. The smallest absolute Gasteiger partial charge is 0.328 e. The lowest BCUT2D eigenvalue weighted by Crippen LogP contribution is -2.25. The first-order valence-corrected chi connectivity index (χ1v) is 6.97. The van der Waals surface area contributed by atoms with Crippen molar-refractivity contribution in [3.63, 3.8) is 0 Å². The van der Waals surface area contributed by atoms with Crippen molar-refractivity contribution in [1.82, 2.24) is 10.2 Å². The van der Waals surface area contributed by atoms with Crippen molar-refractivity contribution in [2.75, 3.05) is 7.05 Å². The van der Waals surface area contributed by atoms with Crippen LogP contribution >= 0.6 is 0 Å². The van der Waals surface area contributed by atoms with Crippen molar-refractivity contribution >= 4 is 23.8 Å². The molecule has 0 bridgehead atoms. The van der Waals surface area contributed by atoms with Gasteiger partial charge in [-0.1, -0.05) is 24.3 Å². The van der Waals surface area contributed by atoms with E-state index in [4.69, 9.17) is 4.42 Å². The molecule has 2 heterocycles. The highest BCUT2D eigenvalue weighted by Gasteiger charge is 2.30. The van der Waals surface area contributed by atoms with Crippen molar-refractivity contribution in [3.8, 4) is 11.3 Å². The highest BCUT2D eigenvalue weighted by Crippen LogP contribution is 2.24. The van der Waals surface area contributed by atoms with Gasteiger partial charge in [0, 0.05) is 24.3 Å². The predicted molar refractivity (Wildman–Crippen MR) is 83.4 cm³/mol. The first-order chi connectivity index (χ1) is 11.0. The molecule has 1 aliphatic rings. The second-order valence-electron chi connectivity index (χ2n) is 5.19. The van der Waals surface area contributed by atoms with E-state index in [1.54, 1.807) is 36.4 Å². The number of nitrogens with one attached hydrogen (secondary N) is 1. The van der Waals surface area contributed by atoms with E-state index < -0.39 is 11.9 Å². The Hall–Kier alpha value is -3.15. The zero-order chi connectivity index (χ0) is 16.6. The molecule has 116 valence electrons. The number of hydrogen-bond donors (Lipinski definition) is 1. The number of ketones is 1. The Morgan fingerprint density at radius 3 is 2.39 bits per heavy atom. The van der Waals surface area contributed by atoms with Gasteiger partial charge in [0.05, 0.1) is 0 Å². The minimum atomic E-state index is -0.465. The molecule has 0 radical (unpaired) electrons. The molecule has 6 heteroatoms. The van der Waals surface area contributed by atoms with Crippen LogP contribution in [0.2, 0.25) is 0 Å². The summed E-state index contributed by atoms with van der Waals surface area (Å²) in [6.45, 7) is 1.51. The number of furan rings is 1. The summed E-state index contributed by atoms with van der Waals surface area (Å²) < 4.78 is 5.67. The van der Waals surface area contributed by atoms with Gasteiger partial charge in [0.15, 0.2) is 5.78 Å². The maximum Gasteiger partial charge on any atom is 0.328 e. The number of benzene rings is 1. The van der Waals surface area contributed by atoms with Gasteiger partial charge in [0.2, 0.25) is 0 Å². The van der Waals surface area contributed by atoms with Gasteiger partial charge in [-0.05, 0) is 19.1 Å². The largest absolute Gasteiger partial charge is 0.457 e. The van der Waals surface area contributed by atoms with Crippen LogP contribution in [0.4, 0.5) is 4.79 Å². The second-order valence-corrected chi connectivity index (χ2v) is 5.19. The van der Waals surface area contributed by atoms with Crippen LogP contribution in [0.15, 0.2) is 46.5 Å².